The Morgan fingerprint density at radius 2 is 2.10 bits per heavy atom. The SMILES string of the molecule is CCNCc1nn(CCOCC(C)C)c2ccccc12. The maximum atomic E-state index is 5.66. The van der Waals surface area contributed by atoms with Gasteiger partial charge in [0.05, 0.1) is 24.4 Å². The number of nitrogens with zero attached hydrogens (tertiary/aromatic N) is 2. The van der Waals surface area contributed by atoms with Crippen LogP contribution in [0.4, 0.5) is 0 Å². The van der Waals surface area contributed by atoms with E-state index >= 15 is 0 Å². The highest BCUT2D eigenvalue weighted by Gasteiger charge is 2.09. The van der Waals surface area contributed by atoms with E-state index in [1.54, 1.807) is 0 Å². The van der Waals surface area contributed by atoms with E-state index in [2.05, 4.69) is 55.0 Å². The quantitative estimate of drug-likeness (QED) is 0.753. The summed E-state index contributed by atoms with van der Waals surface area (Å²) in [4.78, 5) is 0. The smallest absolute Gasteiger partial charge is 0.0841 e. The van der Waals surface area contributed by atoms with Crippen molar-refractivity contribution in [3.63, 3.8) is 0 Å². The molecule has 2 rings (SSSR count). The standard InChI is InChI=1S/C16H25N3O/c1-4-17-11-15-14-7-5-6-8-16(14)19(18-15)9-10-20-12-13(2)3/h5-8,13,17H,4,9-12H2,1-3H3. The Labute approximate surface area is 121 Å². The predicted octanol–water partition coefficient (Wildman–Crippen LogP) is 2.82. The third kappa shape index (κ3) is 3.81. The minimum Gasteiger partial charge on any atom is -0.379 e. The number of para-hydroxylation sites is 1. The molecule has 1 aromatic heterocycles. The van der Waals surface area contributed by atoms with Gasteiger partial charge < -0.3 is 10.1 Å². The zero-order chi connectivity index (χ0) is 14.4. The summed E-state index contributed by atoms with van der Waals surface area (Å²) in [6, 6.07) is 8.40. The second kappa shape index (κ2) is 7.41. The van der Waals surface area contributed by atoms with Crippen LogP contribution in [0.5, 0.6) is 0 Å². The highest BCUT2D eigenvalue weighted by molar-refractivity contribution is 5.81. The Bertz CT molecular complexity index is 534. The van der Waals surface area contributed by atoms with Crippen molar-refractivity contribution in [2.24, 2.45) is 5.92 Å². The van der Waals surface area contributed by atoms with Gasteiger partial charge >= 0.3 is 0 Å². The summed E-state index contributed by atoms with van der Waals surface area (Å²) in [5, 5.41) is 9.30. The van der Waals surface area contributed by atoms with Gasteiger partial charge in [0, 0.05) is 18.5 Å². The second-order valence-corrected chi connectivity index (χ2v) is 5.44. The fourth-order valence-electron chi connectivity index (χ4n) is 2.21. The molecule has 0 aliphatic carbocycles. The van der Waals surface area contributed by atoms with Gasteiger partial charge in [-0.15, -0.1) is 0 Å². The van der Waals surface area contributed by atoms with Gasteiger partial charge in [-0.1, -0.05) is 39.0 Å². The maximum Gasteiger partial charge on any atom is 0.0841 e. The van der Waals surface area contributed by atoms with Crippen LogP contribution in [0.2, 0.25) is 0 Å². The zero-order valence-corrected chi connectivity index (χ0v) is 12.7. The van der Waals surface area contributed by atoms with Gasteiger partial charge in [0.15, 0.2) is 0 Å². The van der Waals surface area contributed by atoms with E-state index in [-0.39, 0.29) is 0 Å². The van der Waals surface area contributed by atoms with Crippen molar-refractivity contribution in [2.45, 2.75) is 33.9 Å². The van der Waals surface area contributed by atoms with Gasteiger partial charge in [0.2, 0.25) is 0 Å². The van der Waals surface area contributed by atoms with E-state index in [1.165, 1.54) is 10.9 Å². The van der Waals surface area contributed by atoms with E-state index in [4.69, 9.17) is 9.84 Å². The minimum absolute atomic E-state index is 0.577. The highest BCUT2D eigenvalue weighted by Crippen LogP contribution is 2.18. The predicted molar refractivity (Wildman–Crippen MR) is 82.8 cm³/mol. The number of ether oxygens (including phenoxy) is 1. The minimum atomic E-state index is 0.577. The monoisotopic (exact) mass is 275 g/mol. The molecule has 4 heteroatoms. The third-order valence-electron chi connectivity index (χ3n) is 3.18. The van der Waals surface area contributed by atoms with Crippen LogP contribution in [0.25, 0.3) is 10.9 Å². The van der Waals surface area contributed by atoms with Crippen LogP contribution in [0.15, 0.2) is 24.3 Å². The fourth-order valence-corrected chi connectivity index (χ4v) is 2.21. The molecular formula is C16H25N3O. The molecule has 0 saturated carbocycles. The molecule has 1 N–H and O–H groups in total. The van der Waals surface area contributed by atoms with Gasteiger partial charge in [0.25, 0.3) is 0 Å². The van der Waals surface area contributed by atoms with Crippen molar-refractivity contribution in [3.8, 4) is 0 Å². The number of hydrogen-bond acceptors (Lipinski definition) is 3. The average molecular weight is 275 g/mol. The maximum absolute atomic E-state index is 5.66. The molecule has 2 aromatic rings. The van der Waals surface area contributed by atoms with E-state index in [0.717, 1.165) is 31.9 Å². The normalized spacial score (nSPS) is 11.6. The van der Waals surface area contributed by atoms with Crippen LogP contribution >= 0.6 is 0 Å². The first kappa shape index (κ1) is 15.0. The molecule has 0 radical (unpaired) electrons. The first-order chi connectivity index (χ1) is 9.72. The molecule has 0 fully saturated rings. The van der Waals surface area contributed by atoms with E-state index in [0.29, 0.717) is 12.5 Å². The molecular weight excluding hydrogens is 250 g/mol. The summed E-state index contributed by atoms with van der Waals surface area (Å²) in [5.74, 6) is 0.577. The number of fused-ring (bicyclic) bond motifs is 1. The second-order valence-electron chi connectivity index (χ2n) is 5.44. The number of rotatable bonds is 8. The third-order valence-corrected chi connectivity index (χ3v) is 3.18. The Kier molecular flexibility index (Phi) is 5.56. The summed E-state index contributed by atoms with van der Waals surface area (Å²) in [5.41, 5.74) is 2.31. The van der Waals surface area contributed by atoms with Gasteiger partial charge in [-0.2, -0.15) is 5.10 Å². The number of aromatic nitrogens is 2. The first-order valence-corrected chi connectivity index (χ1v) is 7.45. The van der Waals surface area contributed by atoms with E-state index in [9.17, 15) is 0 Å². The van der Waals surface area contributed by atoms with Gasteiger partial charge in [-0.05, 0) is 18.5 Å². The van der Waals surface area contributed by atoms with Crippen LogP contribution in [-0.2, 0) is 17.8 Å². The summed E-state index contributed by atoms with van der Waals surface area (Å²) in [6.07, 6.45) is 0. The largest absolute Gasteiger partial charge is 0.379 e. The number of benzene rings is 1. The van der Waals surface area contributed by atoms with Gasteiger partial charge in [0.1, 0.15) is 0 Å². The zero-order valence-electron chi connectivity index (χ0n) is 12.7. The number of hydrogen-bond donors (Lipinski definition) is 1. The molecule has 0 saturated heterocycles. The molecule has 1 heterocycles. The van der Waals surface area contributed by atoms with Crippen LogP contribution in [0, 0.1) is 5.92 Å². The molecule has 0 atom stereocenters. The van der Waals surface area contributed by atoms with Gasteiger partial charge in [-0.3, -0.25) is 4.68 Å². The van der Waals surface area contributed by atoms with Crippen LogP contribution in [0.3, 0.4) is 0 Å². The summed E-state index contributed by atoms with van der Waals surface area (Å²) < 4.78 is 7.72. The van der Waals surface area contributed by atoms with Crippen LogP contribution < -0.4 is 5.32 Å². The lowest BCUT2D eigenvalue weighted by atomic mass is 10.2. The Hall–Kier alpha value is -1.39. The summed E-state index contributed by atoms with van der Waals surface area (Å²) in [6.45, 7) is 10.5. The van der Waals surface area contributed by atoms with E-state index in [1.807, 2.05) is 0 Å². The highest BCUT2D eigenvalue weighted by atomic mass is 16.5. The molecule has 110 valence electrons. The molecule has 1 aromatic carbocycles. The van der Waals surface area contributed by atoms with Crippen molar-refractivity contribution in [1.29, 1.82) is 0 Å². The summed E-state index contributed by atoms with van der Waals surface area (Å²) >= 11 is 0. The Balaban J connectivity index is 2.08. The molecule has 20 heavy (non-hydrogen) atoms. The molecule has 0 unspecified atom stereocenters. The van der Waals surface area contributed by atoms with Crippen molar-refractivity contribution in [1.82, 2.24) is 15.1 Å². The van der Waals surface area contributed by atoms with Crippen molar-refractivity contribution < 1.29 is 4.74 Å². The van der Waals surface area contributed by atoms with Gasteiger partial charge in [-0.25, -0.2) is 0 Å². The average Bonchev–Trinajstić information content (AvgIpc) is 2.80. The lowest BCUT2D eigenvalue weighted by Gasteiger charge is -2.07. The molecule has 0 bridgehead atoms. The van der Waals surface area contributed by atoms with Crippen molar-refractivity contribution in [3.05, 3.63) is 30.0 Å². The lowest BCUT2D eigenvalue weighted by molar-refractivity contribution is 0.102. The summed E-state index contributed by atoms with van der Waals surface area (Å²) in [7, 11) is 0. The lowest BCUT2D eigenvalue weighted by Crippen LogP contribution is -2.14. The van der Waals surface area contributed by atoms with Crippen LogP contribution in [-0.4, -0.2) is 29.5 Å². The Morgan fingerprint density at radius 3 is 2.85 bits per heavy atom. The number of nitrogens with one attached hydrogen (secondary N) is 1. The molecule has 0 aliphatic heterocycles. The van der Waals surface area contributed by atoms with Crippen molar-refractivity contribution >= 4 is 10.9 Å². The van der Waals surface area contributed by atoms with Crippen molar-refractivity contribution in [2.75, 3.05) is 19.8 Å². The van der Waals surface area contributed by atoms with E-state index < -0.39 is 0 Å². The first-order valence-electron chi connectivity index (χ1n) is 7.45. The molecule has 0 aliphatic rings. The fraction of sp³-hybridized carbons (Fsp3) is 0.562. The Morgan fingerprint density at radius 1 is 1.30 bits per heavy atom. The topological polar surface area (TPSA) is 39.1 Å². The van der Waals surface area contributed by atoms with Crippen LogP contribution in [0.1, 0.15) is 26.5 Å². The molecule has 0 spiro atoms. The molecule has 0 amide bonds. The molecule has 4 nitrogen and oxygen atoms in total.